The average molecular weight is 372 g/mol. The Morgan fingerprint density at radius 1 is 1.15 bits per heavy atom. The summed E-state index contributed by atoms with van der Waals surface area (Å²) in [7, 11) is 0. The minimum atomic E-state index is -1.19. The fourth-order valence-electron chi connectivity index (χ4n) is 3.09. The van der Waals surface area contributed by atoms with Crippen LogP contribution in [0.3, 0.4) is 0 Å². The minimum absolute atomic E-state index is 0.00847. The zero-order valence-electron chi connectivity index (χ0n) is 14.3. The van der Waals surface area contributed by atoms with Crippen molar-refractivity contribution in [2.24, 2.45) is 5.73 Å². The van der Waals surface area contributed by atoms with Gasteiger partial charge in [0.25, 0.3) is 0 Å². The number of nitrogen functional groups attached to an aromatic ring is 1. The van der Waals surface area contributed by atoms with Crippen LogP contribution in [0, 0.1) is 0 Å². The van der Waals surface area contributed by atoms with Crippen molar-refractivity contribution in [2.75, 3.05) is 12.3 Å². The van der Waals surface area contributed by atoms with Crippen molar-refractivity contribution in [1.82, 2.24) is 19.5 Å². The molecule has 0 aliphatic carbocycles. The van der Waals surface area contributed by atoms with Crippen LogP contribution in [0.15, 0.2) is 43.0 Å². The summed E-state index contributed by atoms with van der Waals surface area (Å²) in [5.41, 5.74) is 13.4. The van der Waals surface area contributed by atoms with E-state index in [1.807, 2.05) is 30.3 Å². The molecule has 1 saturated heterocycles. The van der Waals surface area contributed by atoms with Crippen LogP contribution in [0.5, 0.6) is 0 Å². The molecule has 142 valence electrons. The molecule has 3 aromatic rings. The molecule has 27 heavy (non-hydrogen) atoms. The Hall–Kier alpha value is -2.63. The highest BCUT2D eigenvalue weighted by atomic mass is 16.6. The van der Waals surface area contributed by atoms with E-state index >= 15 is 0 Å². The first-order valence-corrected chi connectivity index (χ1v) is 8.43. The monoisotopic (exact) mass is 372 g/mol. The standard InChI is InChI=1S/C17H20N6O4/c18-14-11-16(21-7-20-14)23(8-22-11)17-13(25)12(24)10(27-17)6-26-15(19)9-4-2-1-3-5-9/h1-5,7-8,10,12-13,15,17,24-25H,6,19H2,(H2,18,20,21)/t10-,12-,13-,15?,17-/m1/s1. The number of hydrogen-bond donors (Lipinski definition) is 4. The summed E-state index contributed by atoms with van der Waals surface area (Å²) >= 11 is 0. The van der Waals surface area contributed by atoms with Crippen LogP contribution in [0.2, 0.25) is 0 Å². The molecule has 0 saturated carbocycles. The SMILES string of the molecule is Nc1ncnc2c1ncn2[C@@H]1O[C@H](COC(N)c2ccccc2)[C@@H](O)[C@H]1O. The molecule has 10 nitrogen and oxygen atoms in total. The Morgan fingerprint density at radius 3 is 2.70 bits per heavy atom. The molecular formula is C17H20N6O4. The summed E-state index contributed by atoms with van der Waals surface area (Å²) in [4.78, 5) is 12.2. The van der Waals surface area contributed by atoms with Crippen LogP contribution >= 0.6 is 0 Å². The molecule has 0 radical (unpaired) electrons. The number of aliphatic hydroxyl groups is 2. The predicted molar refractivity (Wildman–Crippen MR) is 95.0 cm³/mol. The van der Waals surface area contributed by atoms with E-state index in [4.69, 9.17) is 20.9 Å². The van der Waals surface area contributed by atoms with E-state index in [1.54, 1.807) is 0 Å². The van der Waals surface area contributed by atoms with E-state index in [0.717, 1.165) is 5.56 Å². The van der Waals surface area contributed by atoms with Crippen molar-refractivity contribution in [1.29, 1.82) is 0 Å². The van der Waals surface area contributed by atoms with Gasteiger partial charge in [0.15, 0.2) is 17.7 Å². The second-order valence-electron chi connectivity index (χ2n) is 6.29. The molecular weight excluding hydrogens is 352 g/mol. The molecule has 0 spiro atoms. The molecule has 1 unspecified atom stereocenters. The second kappa shape index (κ2) is 7.18. The third-order valence-electron chi connectivity index (χ3n) is 4.57. The zero-order valence-corrected chi connectivity index (χ0v) is 14.3. The highest BCUT2D eigenvalue weighted by Gasteiger charge is 2.44. The van der Waals surface area contributed by atoms with Gasteiger partial charge >= 0.3 is 0 Å². The molecule has 2 aromatic heterocycles. The Kier molecular flexibility index (Phi) is 4.72. The van der Waals surface area contributed by atoms with Crippen molar-refractivity contribution in [3.05, 3.63) is 48.5 Å². The van der Waals surface area contributed by atoms with Gasteiger partial charge < -0.3 is 31.2 Å². The first-order valence-electron chi connectivity index (χ1n) is 8.43. The highest BCUT2D eigenvalue weighted by molar-refractivity contribution is 5.81. The Balaban J connectivity index is 1.48. The van der Waals surface area contributed by atoms with Gasteiger partial charge in [-0.25, -0.2) is 15.0 Å². The largest absolute Gasteiger partial charge is 0.387 e. The first-order chi connectivity index (χ1) is 13.1. The molecule has 1 aromatic carbocycles. The molecule has 1 aliphatic heterocycles. The van der Waals surface area contributed by atoms with E-state index in [1.165, 1.54) is 17.2 Å². The molecule has 10 heteroatoms. The van der Waals surface area contributed by atoms with Gasteiger partial charge in [0.2, 0.25) is 0 Å². The number of benzene rings is 1. The summed E-state index contributed by atoms with van der Waals surface area (Å²) in [6.45, 7) is 0.00847. The molecule has 1 fully saturated rings. The number of hydrogen-bond acceptors (Lipinski definition) is 9. The van der Waals surface area contributed by atoms with Crippen LogP contribution in [0.25, 0.3) is 11.2 Å². The fraction of sp³-hybridized carbons (Fsp3) is 0.353. The van der Waals surface area contributed by atoms with Crippen LogP contribution < -0.4 is 11.5 Å². The molecule has 3 heterocycles. The van der Waals surface area contributed by atoms with Crippen LogP contribution in [0.1, 0.15) is 18.0 Å². The summed E-state index contributed by atoms with van der Waals surface area (Å²) in [5.74, 6) is 0.223. The third kappa shape index (κ3) is 3.24. The maximum absolute atomic E-state index is 10.4. The normalized spacial score (nSPS) is 26.5. The third-order valence-corrected chi connectivity index (χ3v) is 4.57. The lowest BCUT2D eigenvalue weighted by Gasteiger charge is -2.19. The molecule has 5 atom stereocenters. The Labute approximate surface area is 154 Å². The predicted octanol–water partition coefficient (Wildman–Crippen LogP) is -0.298. The number of aromatic nitrogens is 4. The number of imidazole rings is 1. The number of anilines is 1. The summed E-state index contributed by atoms with van der Waals surface area (Å²) in [6.07, 6.45) is -1.94. The molecule has 4 rings (SSSR count). The van der Waals surface area contributed by atoms with E-state index in [-0.39, 0.29) is 12.4 Å². The maximum Gasteiger partial charge on any atom is 0.167 e. The fourth-order valence-corrected chi connectivity index (χ4v) is 3.09. The Bertz CT molecular complexity index is 920. The number of ether oxygens (including phenoxy) is 2. The van der Waals surface area contributed by atoms with Gasteiger partial charge in [-0.15, -0.1) is 0 Å². The molecule has 0 bridgehead atoms. The quantitative estimate of drug-likeness (QED) is 0.442. The van der Waals surface area contributed by atoms with Crippen LogP contribution in [-0.4, -0.2) is 54.7 Å². The van der Waals surface area contributed by atoms with Gasteiger partial charge in [-0.1, -0.05) is 30.3 Å². The van der Waals surface area contributed by atoms with Gasteiger partial charge in [0, 0.05) is 0 Å². The Morgan fingerprint density at radius 2 is 1.93 bits per heavy atom. The van der Waals surface area contributed by atoms with Crippen LogP contribution in [-0.2, 0) is 9.47 Å². The summed E-state index contributed by atoms with van der Waals surface area (Å²) in [5, 5.41) is 20.8. The maximum atomic E-state index is 10.4. The van der Waals surface area contributed by atoms with Crippen molar-refractivity contribution in [2.45, 2.75) is 30.8 Å². The zero-order chi connectivity index (χ0) is 19.0. The van der Waals surface area contributed by atoms with E-state index in [9.17, 15) is 10.2 Å². The summed E-state index contributed by atoms with van der Waals surface area (Å²) in [6, 6.07) is 9.28. The van der Waals surface area contributed by atoms with Gasteiger partial charge in [-0.05, 0) is 5.56 Å². The van der Waals surface area contributed by atoms with Crippen molar-refractivity contribution in [3.8, 4) is 0 Å². The lowest BCUT2D eigenvalue weighted by Crippen LogP contribution is -2.34. The van der Waals surface area contributed by atoms with Crippen LogP contribution in [0.4, 0.5) is 5.82 Å². The second-order valence-corrected chi connectivity index (χ2v) is 6.29. The van der Waals surface area contributed by atoms with Gasteiger partial charge in [0.05, 0.1) is 12.9 Å². The summed E-state index contributed by atoms with van der Waals surface area (Å²) < 4.78 is 12.9. The van der Waals surface area contributed by atoms with E-state index < -0.39 is 30.8 Å². The number of rotatable bonds is 5. The molecule has 1 aliphatic rings. The smallest absolute Gasteiger partial charge is 0.167 e. The number of nitrogens with zero attached hydrogens (tertiary/aromatic N) is 4. The highest BCUT2D eigenvalue weighted by Crippen LogP contribution is 2.32. The number of fused-ring (bicyclic) bond motifs is 1. The molecule has 6 N–H and O–H groups in total. The van der Waals surface area contributed by atoms with E-state index in [0.29, 0.717) is 11.2 Å². The van der Waals surface area contributed by atoms with Gasteiger partial charge in [0.1, 0.15) is 36.4 Å². The number of aliphatic hydroxyl groups excluding tert-OH is 2. The minimum Gasteiger partial charge on any atom is -0.387 e. The lowest BCUT2D eigenvalue weighted by atomic mass is 10.1. The average Bonchev–Trinajstić information content (AvgIpc) is 3.23. The van der Waals surface area contributed by atoms with Crippen molar-refractivity contribution < 1.29 is 19.7 Å². The first kappa shape index (κ1) is 17.8. The molecule has 0 amide bonds. The van der Waals surface area contributed by atoms with Gasteiger partial charge in [-0.3, -0.25) is 4.57 Å². The van der Waals surface area contributed by atoms with Gasteiger partial charge in [-0.2, -0.15) is 0 Å². The van der Waals surface area contributed by atoms with E-state index in [2.05, 4.69) is 15.0 Å². The number of nitrogens with two attached hydrogens (primary N) is 2. The topological polar surface area (TPSA) is 155 Å². The lowest BCUT2D eigenvalue weighted by molar-refractivity contribution is -0.0808. The van der Waals surface area contributed by atoms with Crippen molar-refractivity contribution in [3.63, 3.8) is 0 Å². The van der Waals surface area contributed by atoms with Crippen molar-refractivity contribution >= 4 is 17.0 Å².